The van der Waals surface area contributed by atoms with Crippen LogP contribution in [0.15, 0.2) is 12.4 Å². The van der Waals surface area contributed by atoms with Crippen molar-refractivity contribution in [2.24, 2.45) is 13.0 Å². The van der Waals surface area contributed by atoms with Gasteiger partial charge in [-0.15, -0.1) is 0 Å². The summed E-state index contributed by atoms with van der Waals surface area (Å²) in [5.74, 6) is 2.01. The van der Waals surface area contributed by atoms with Crippen molar-refractivity contribution in [3.8, 4) is 0 Å². The van der Waals surface area contributed by atoms with Gasteiger partial charge in [0.05, 0.1) is 6.54 Å². The van der Waals surface area contributed by atoms with Crippen LogP contribution in [0.4, 0.5) is 0 Å². The molecule has 6 nitrogen and oxygen atoms in total. The Hall–Kier alpha value is -1.40. The molecule has 2 fully saturated rings. The van der Waals surface area contributed by atoms with Crippen LogP contribution in [0.5, 0.6) is 0 Å². The molecule has 128 valence electrons. The first-order chi connectivity index (χ1) is 11.0. The molecule has 0 N–H and O–H groups in total. The van der Waals surface area contributed by atoms with Crippen LogP contribution in [-0.2, 0) is 18.4 Å². The lowest BCUT2D eigenvalue weighted by molar-refractivity contribution is -0.128. The van der Waals surface area contributed by atoms with Gasteiger partial charge in [0, 0.05) is 71.7 Å². The maximum absolute atomic E-state index is 11.6. The van der Waals surface area contributed by atoms with Gasteiger partial charge < -0.3 is 9.47 Å². The molecule has 0 bridgehead atoms. The average Bonchev–Trinajstić information content (AvgIpc) is 2.97. The van der Waals surface area contributed by atoms with Gasteiger partial charge >= 0.3 is 0 Å². The zero-order valence-electron chi connectivity index (χ0n) is 14.6. The molecule has 2 atom stereocenters. The lowest BCUT2D eigenvalue weighted by atomic mass is 10.0. The monoisotopic (exact) mass is 319 g/mol. The highest BCUT2D eigenvalue weighted by molar-refractivity contribution is 5.73. The van der Waals surface area contributed by atoms with E-state index in [1.807, 2.05) is 17.3 Å². The van der Waals surface area contributed by atoms with E-state index < -0.39 is 0 Å². The van der Waals surface area contributed by atoms with E-state index in [1.54, 1.807) is 6.92 Å². The van der Waals surface area contributed by atoms with Crippen LogP contribution in [0, 0.1) is 5.92 Å². The average molecular weight is 319 g/mol. The van der Waals surface area contributed by atoms with Gasteiger partial charge in [0.2, 0.25) is 5.91 Å². The summed E-state index contributed by atoms with van der Waals surface area (Å²) in [6.07, 6.45) is 4.97. The van der Waals surface area contributed by atoms with Gasteiger partial charge in [0.15, 0.2) is 0 Å². The molecule has 2 aliphatic heterocycles. The van der Waals surface area contributed by atoms with Crippen LogP contribution in [-0.4, -0.2) is 75.5 Å². The summed E-state index contributed by atoms with van der Waals surface area (Å²) in [5.41, 5.74) is 0. The Bertz CT molecular complexity index is 543. The van der Waals surface area contributed by atoms with E-state index >= 15 is 0 Å². The number of likely N-dealkylation sites (tertiary alicyclic amines) is 1. The second-order valence-electron chi connectivity index (χ2n) is 7.09. The van der Waals surface area contributed by atoms with E-state index in [-0.39, 0.29) is 5.91 Å². The maximum Gasteiger partial charge on any atom is 0.219 e. The van der Waals surface area contributed by atoms with E-state index in [4.69, 9.17) is 0 Å². The fourth-order valence-electron chi connectivity index (χ4n) is 3.99. The summed E-state index contributed by atoms with van der Waals surface area (Å²) >= 11 is 0. The Morgan fingerprint density at radius 2 is 2.09 bits per heavy atom. The minimum atomic E-state index is 0.211. The van der Waals surface area contributed by atoms with Crippen molar-refractivity contribution in [1.82, 2.24) is 24.3 Å². The summed E-state index contributed by atoms with van der Waals surface area (Å²) in [6, 6.07) is 0.599. The molecule has 3 rings (SSSR count). The SMILES string of the molecule is CC(=O)N1CCCN([C@H]2CN(Cc3nccn3C)C[C@H]2C)CC1. The molecule has 3 heterocycles. The highest BCUT2D eigenvalue weighted by atomic mass is 16.2. The molecule has 2 aliphatic rings. The van der Waals surface area contributed by atoms with E-state index in [1.165, 1.54) is 0 Å². The maximum atomic E-state index is 11.6. The Kier molecular flexibility index (Phi) is 5.02. The Morgan fingerprint density at radius 1 is 1.26 bits per heavy atom. The molecule has 0 unspecified atom stereocenters. The van der Waals surface area contributed by atoms with E-state index in [2.05, 4.69) is 33.3 Å². The fraction of sp³-hybridized carbons (Fsp3) is 0.765. The molecule has 2 saturated heterocycles. The number of imidazole rings is 1. The minimum Gasteiger partial charge on any atom is -0.342 e. The predicted octanol–water partition coefficient (Wildman–Crippen LogP) is 0.795. The third-order valence-electron chi connectivity index (χ3n) is 5.38. The zero-order valence-corrected chi connectivity index (χ0v) is 14.6. The quantitative estimate of drug-likeness (QED) is 0.826. The second-order valence-corrected chi connectivity index (χ2v) is 7.09. The van der Waals surface area contributed by atoms with Crippen molar-refractivity contribution in [3.05, 3.63) is 18.2 Å². The number of amides is 1. The topological polar surface area (TPSA) is 44.6 Å². The molecule has 23 heavy (non-hydrogen) atoms. The third-order valence-corrected chi connectivity index (χ3v) is 5.38. The largest absolute Gasteiger partial charge is 0.342 e. The van der Waals surface area contributed by atoms with E-state index in [0.29, 0.717) is 12.0 Å². The van der Waals surface area contributed by atoms with Gasteiger partial charge in [0.1, 0.15) is 5.82 Å². The minimum absolute atomic E-state index is 0.211. The Balaban J connectivity index is 1.58. The van der Waals surface area contributed by atoms with Crippen LogP contribution in [0.3, 0.4) is 0 Å². The molecular weight excluding hydrogens is 290 g/mol. The molecule has 1 aromatic heterocycles. The number of nitrogens with zero attached hydrogens (tertiary/aromatic N) is 5. The summed E-state index contributed by atoms with van der Waals surface area (Å²) < 4.78 is 2.11. The van der Waals surface area contributed by atoms with E-state index in [9.17, 15) is 4.79 Å². The van der Waals surface area contributed by atoms with Crippen LogP contribution in [0.25, 0.3) is 0 Å². The van der Waals surface area contributed by atoms with Gasteiger partial charge in [-0.3, -0.25) is 14.6 Å². The van der Waals surface area contributed by atoms with Crippen LogP contribution in [0.2, 0.25) is 0 Å². The number of carbonyl (C=O) groups excluding carboxylic acids is 1. The predicted molar refractivity (Wildman–Crippen MR) is 89.9 cm³/mol. The normalized spacial score (nSPS) is 27.3. The zero-order chi connectivity index (χ0) is 16.4. The Morgan fingerprint density at radius 3 is 2.78 bits per heavy atom. The van der Waals surface area contributed by atoms with Crippen molar-refractivity contribution in [2.75, 3.05) is 39.3 Å². The van der Waals surface area contributed by atoms with Crippen LogP contribution < -0.4 is 0 Å². The first-order valence-corrected chi connectivity index (χ1v) is 8.72. The molecule has 1 amide bonds. The van der Waals surface area contributed by atoms with Gasteiger partial charge in [-0.1, -0.05) is 6.92 Å². The second kappa shape index (κ2) is 7.01. The van der Waals surface area contributed by atoms with Gasteiger partial charge in [-0.25, -0.2) is 4.98 Å². The van der Waals surface area contributed by atoms with Crippen LogP contribution >= 0.6 is 0 Å². The molecule has 1 aromatic rings. The summed E-state index contributed by atoms with van der Waals surface area (Å²) in [7, 11) is 2.06. The number of carbonyl (C=O) groups is 1. The van der Waals surface area contributed by atoms with Gasteiger partial charge in [-0.05, 0) is 12.3 Å². The summed E-state index contributed by atoms with van der Waals surface area (Å²) in [5, 5.41) is 0. The molecule has 0 saturated carbocycles. The van der Waals surface area contributed by atoms with Gasteiger partial charge in [-0.2, -0.15) is 0 Å². The number of aromatic nitrogens is 2. The third kappa shape index (κ3) is 3.75. The molecule has 0 aliphatic carbocycles. The highest BCUT2D eigenvalue weighted by Crippen LogP contribution is 2.24. The van der Waals surface area contributed by atoms with Crippen molar-refractivity contribution in [3.63, 3.8) is 0 Å². The number of hydrogen-bond acceptors (Lipinski definition) is 4. The molecule has 6 heteroatoms. The Labute approximate surface area is 139 Å². The highest BCUT2D eigenvalue weighted by Gasteiger charge is 2.34. The summed E-state index contributed by atoms with van der Waals surface area (Å²) in [4.78, 5) is 23.2. The first-order valence-electron chi connectivity index (χ1n) is 8.72. The standard InChI is InChI=1S/C17H29N5O/c1-14-11-20(13-17-18-5-8-19(17)3)12-16(14)22-7-4-6-21(9-10-22)15(2)23/h5,8,14,16H,4,6-7,9-13H2,1-3H3/t14-,16+/m1/s1. The fourth-order valence-corrected chi connectivity index (χ4v) is 3.99. The number of hydrogen-bond donors (Lipinski definition) is 0. The van der Waals surface area contributed by atoms with Crippen molar-refractivity contribution < 1.29 is 4.79 Å². The lowest BCUT2D eigenvalue weighted by Crippen LogP contribution is -2.43. The summed E-state index contributed by atoms with van der Waals surface area (Å²) in [6.45, 7) is 11.1. The smallest absolute Gasteiger partial charge is 0.219 e. The van der Waals surface area contributed by atoms with Crippen molar-refractivity contribution >= 4 is 5.91 Å². The van der Waals surface area contributed by atoms with Crippen molar-refractivity contribution in [2.45, 2.75) is 32.9 Å². The van der Waals surface area contributed by atoms with E-state index in [0.717, 1.165) is 58.1 Å². The number of rotatable bonds is 3. The molecule has 0 spiro atoms. The van der Waals surface area contributed by atoms with Crippen molar-refractivity contribution in [1.29, 1.82) is 0 Å². The first kappa shape index (κ1) is 16.5. The van der Waals surface area contributed by atoms with Crippen LogP contribution in [0.1, 0.15) is 26.1 Å². The molecular formula is C17H29N5O. The molecule has 0 aromatic carbocycles. The van der Waals surface area contributed by atoms with Gasteiger partial charge in [0.25, 0.3) is 0 Å². The molecule has 0 radical (unpaired) electrons. The number of aryl methyl sites for hydroxylation is 1. The lowest BCUT2D eigenvalue weighted by Gasteiger charge is -2.30.